The SMILES string of the molecule is [B]=C1C(=O)Nc2ncc(CC)cc21. The number of carbonyl (C=O) groups is 1. The van der Waals surface area contributed by atoms with E-state index in [2.05, 4.69) is 10.3 Å². The minimum atomic E-state index is -0.254. The second kappa shape index (κ2) is 2.80. The Labute approximate surface area is 77.3 Å². The molecule has 1 radical (unpaired) electrons. The van der Waals surface area contributed by atoms with Gasteiger partial charge in [-0.25, -0.2) is 0 Å². The van der Waals surface area contributed by atoms with E-state index in [0.717, 1.165) is 17.5 Å². The van der Waals surface area contributed by atoms with Crippen LogP contribution in [0, 0.1) is 0 Å². The molecular formula is C9H8BN2O. The maximum absolute atomic E-state index is 11.1. The van der Waals surface area contributed by atoms with Crippen LogP contribution in [0.1, 0.15) is 18.1 Å². The van der Waals surface area contributed by atoms with E-state index in [9.17, 15) is 4.79 Å². The van der Waals surface area contributed by atoms with Crippen molar-refractivity contribution < 1.29 is 4.79 Å². The number of rotatable bonds is 1. The first-order valence-electron chi connectivity index (χ1n) is 4.15. The number of aryl methyl sites for hydroxylation is 1. The van der Waals surface area contributed by atoms with Crippen LogP contribution in [0.25, 0.3) is 0 Å². The van der Waals surface area contributed by atoms with Crippen molar-refractivity contribution in [1.29, 1.82) is 0 Å². The molecule has 2 heterocycles. The molecule has 63 valence electrons. The summed E-state index contributed by atoms with van der Waals surface area (Å²) in [4.78, 5) is 15.2. The van der Waals surface area contributed by atoms with Crippen LogP contribution < -0.4 is 5.32 Å². The van der Waals surface area contributed by atoms with Crippen LogP contribution in [0.15, 0.2) is 12.3 Å². The number of nitrogens with zero attached hydrogens (tertiary/aromatic N) is 1. The molecule has 0 fully saturated rings. The molecule has 0 bridgehead atoms. The first-order chi connectivity index (χ1) is 6.22. The molecule has 2 rings (SSSR count). The number of fused-ring (bicyclic) bond motifs is 1. The van der Waals surface area contributed by atoms with Crippen LogP contribution in [-0.4, -0.2) is 23.8 Å². The van der Waals surface area contributed by atoms with Crippen molar-refractivity contribution in [3.05, 3.63) is 23.4 Å². The summed E-state index contributed by atoms with van der Waals surface area (Å²) in [6.07, 6.45) is 2.64. The van der Waals surface area contributed by atoms with Gasteiger partial charge in [-0.1, -0.05) is 0 Å². The summed E-state index contributed by atoms with van der Waals surface area (Å²) in [7, 11) is 5.58. The average Bonchev–Trinajstić information content (AvgIpc) is 2.43. The summed E-state index contributed by atoms with van der Waals surface area (Å²) in [5.74, 6) is 0.315. The predicted molar refractivity (Wildman–Crippen MR) is 52.1 cm³/mol. The van der Waals surface area contributed by atoms with Gasteiger partial charge in [0.25, 0.3) is 0 Å². The van der Waals surface area contributed by atoms with Gasteiger partial charge in [0.15, 0.2) is 0 Å². The molecule has 0 aromatic carbocycles. The molecular weight excluding hydrogens is 163 g/mol. The summed E-state index contributed by atoms with van der Waals surface area (Å²) < 4.78 is 0. The summed E-state index contributed by atoms with van der Waals surface area (Å²) in [5, 5.41) is 2.59. The molecule has 0 atom stereocenters. The topological polar surface area (TPSA) is 42.0 Å². The fourth-order valence-corrected chi connectivity index (χ4v) is 1.30. The normalized spacial score (nSPS) is 14.2. The Morgan fingerprint density at radius 2 is 2.38 bits per heavy atom. The third-order valence-electron chi connectivity index (χ3n) is 2.12. The van der Waals surface area contributed by atoms with E-state index in [4.69, 9.17) is 7.49 Å². The Balaban J connectivity index is 2.54. The standard InChI is InChI=1S/C9H8BN2O/c1-2-5-3-6-7(10)9(13)12-8(6)11-4-5/h3-4H,2H2,1H3,(H,11,12,13). The molecule has 1 aromatic rings. The molecule has 0 saturated heterocycles. The summed E-state index contributed by atoms with van der Waals surface area (Å²) in [6.45, 7) is 2.03. The van der Waals surface area contributed by atoms with Crippen LogP contribution in [0.2, 0.25) is 0 Å². The molecule has 0 unspecified atom stereocenters. The van der Waals surface area contributed by atoms with Crippen LogP contribution in [0.4, 0.5) is 5.82 Å². The van der Waals surface area contributed by atoms with E-state index in [1.54, 1.807) is 6.20 Å². The Morgan fingerprint density at radius 3 is 3.08 bits per heavy atom. The van der Waals surface area contributed by atoms with Crippen molar-refractivity contribution in [3.8, 4) is 0 Å². The molecule has 0 aliphatic carbocycles. The third kappa shape index (κ3) is 1.18. The first kappa shape index (κ1) is 8.17. The third-order valence-corrected chi connectivity index (χ3v) is 2.12. The second-order valence-corrected chi connectivity index (χ2v) is 2.96. The number of anilines is 1. The quantitative estimate of drug-likeness (QED) is 0.616. The van der Waals surface area contributed by atoms with E-state index in [1.165, 1.54) is 0 Å². The number of pyridine rings is 1. The molecule has 13 heavy (non-hydrogen) atoms. The molecule has 1 N–H and O–H groups in total. The molecule has 4 heteroatoms. The number of amides is 1. The second-order valence-electron chi connectivity index (χ2n) is 2.96. The maximum atomic E-state index is 11.1. The number of hydrogen-bond donors (Lipinski definition) is 1. The van der Waals surface area contributed by atoms with Crippen LogP contribution in [-0.2, 0) is 11.2 Å². The van der Waals surface area contributed by atoms with Gasteiger partial charge in [-0.05, 0) is 0 Å². The molecule has 3 nitrogen and oxygen atoms in total. The van der Waals surface area contributed by atoms with Crippen LogP contribution >= 0.6 is 0 Å². The zero-order chi connectivity index (χ0) is 9.42. The van der Waals surface area contributed by atoms with Crippen molar-refractivity contribution in [3.63, 3.8) is 0 Å². The molecule has 1 aromatic heterocycles. The van der Waals surface area contributed by atoms with E-state index in [0.29, 0.717) is 5.82 Å². The molecule has 0 saturated carbocycles. The van der Waals surface area contributed by atoms with Gasteiger partial charge in [-0.15, -0.1) is 0 Å². The monoisotopic (exact) mass is 171 g/mol. The van der Waals surface area contributed by atoms with Gasteiger partial charge in [-0.2, -0.15) is 0 Å². The Kier molecular flexibility index (Phi) is 1.76. The Hall–Kier alpha value is -1.45. The average molecular weight is 171 g/mol. The summed E-state index contributed by atoms with van der Waals surface area (Å²) in [5.41, 5.74) is 2.07. The van der Waals surface area contributed by atoms with Gasteiger partial charge in [0.05, 0.1) is 0 Å². The Bertz CT molecular complexity index is 401. The molecule has 1 amide bonds. The fourth-order valence-electron chi connectivity index (χ4n) is 1.30. The summed E-state index contributed by atoms with van der Waals surface area (Å²) in [6, 6.07) is 1.90. The summed E-state index contributed by atoms with van der Waals surface area (Å²) >= 11 is 0. The van der Waals surface area contributed by atoms with Crippen molar-refractivity contribution >= 4 is 24.7 Å². The first-order valence-corrected chi connectivity index (χ1v) is 4.15. The van der Waals surface area contributed by atoms with Gasteiger partial charge in [0.1, 0.15) is 0 Å². The minimum absolute atomic E-state index is 0.254. The van der Waals surface area contributed by atoms with E-state index >= 15 is 0 Å². The molecule has 0 spiro atoms. The molecule has 1 aliphatic heterocycles. The van der Waals surface area contributed by atoms with Crippen molar-refractivity contribution in [2.75, 3.05) is 5.32 Å². The molecule has 1 aliphatic rings. The predicted octanol–water partition coefficient (Wildman–Crippen LogP) is 0.285. The van der Waals surface area contributed by atoms with Crippen LogP contribution in [0.5, 0.6) is 0 Å². The van der Waals surface area contributed by atoms with Crippen LogP contribution in [0.3, 0.4) is 0 Å². The number of carbonyl (C=O) groups excluding carboxylic acids is 1. The fraction of sp³-hybridized carbons (Fsp3) is 0.222. The van der Waals surface area contributed by atoms with Gasteiger partial charge in [0, 0.05) is 0 Å². The van der Waals surface area contributed by atoms with Gasteiger partial charge < -0.3 is 0 Å². The van der Waals surface area contributed by atoms with E-state index in [-0.39, 0.29) is 11.4 Å². The number of aromatic nitrogens is 1. The van der Waals surface area contributed by atoms with Crippen molar-refractivity contribution in [1.82, 2.24) is 4.98 Å². The van der Waals surface area contributed by atoms with Crippen molar-refractivity contribution in [2.45, 2.75) is 13.3 Å². The van der Waals surface area contributed by atoms with E-state index < -0.39 is 0 Å². The number of nitrogens with one attached hydrogen (secondary N) is 1. The van der Waals surface area contributed by atoms with E-state index in [1.807, 2.05) is 13.0 Å². The zero-order valence-corrected chi connectivity index (χ0v) is 7.29. The number of hydrogen-bond acceptors (Lipinski definition) is 2. The van der Waals surface area contributed by atoms with Gasteiger partial charge in [0.2, 0.25) is 0 Å². The zero-order valence-electron chi connectivity index (χ0n) is 7.29. The van der Waals surface area contributed by atoms with Crippen molar-refractivity contribution in [2.24, 2.45) is 0 Å². The Morgan fingerprint density at radius 1 is 1.62 bits per heavy atom. The van der Waals surface area contributed by atoms with Gasteiger partial charge in [-0.3, -0.25) is 0 Å². The van der Waals surface area contributed by atoms with Gasteiger partial charge >= 0.3 is 76.5 Å².